The lowest BCUT2D eigenvalue weighted by Gasteiger charge is -2.70. The van der Waals surface area contributed by atoms with E-state index in [2.05, 4.69) is 16.1 Å². The average molecular weight is 427 g/mol. The number of hydrogen-bond acceptors (Lipinski definition) is 6. The van der Waals surface area contributed by atoms with Crippen molar-refractivity contribution in [2.75, 3.05) is 26.8 Å². The molecule has 1 saturated heterocycles. The summed E-state index contributed by atoms with van der Waals surface area (Å²) in [7, 11) is 1.93. The van der Waals surface area contributed by atoms with E-state index in [1.807, 2.05) is 12.1 Å². The molecule has 4 aliphatic rings. The fourth-order valence-electron chi connectivity index (χ4n) is 4.41. The Morgan fingerprint density at radius 2 is 1.90 bits per heavy atom. The first kappa shape index (κ1) is 20.3. The van der Waals surface area contributed by atoms with E-state index < -0.39 is 5.82 Å². The van der Waals surface area contributed by atoms with E-state index in [0.717, 1.165) is 19.0 Å². The zero-order valence-corrected chi connectivity index (χ0v) is 16.9. The number of ether oxygens (including phenoxy) is 2. The summed E-state index contributed by atoms with van der Waals surface area (Å²) in [6.07, 6.45) is 2.79. The fourth-order valence-corrected chi connectivity index (χ4v) is 4.53. The topological polar surface area (TPSA) is 91.9 Å². The first-order chi connectivity index (χ1) is 13.8. The number of nitrogens with zero attached hydrogens (tertiary/aromatic N) is 1. The molecule has 3 saturated carbocycles. The Bertz CT molecular complexity index is 804. The number of nitrogens with one attached hydrogen (secondary N) is 3. The predicted octanol–water partition coefficient (Wildman–Crippen LogP) is 0.948. The van der Waals surface area contributed by atoms with Gasteiger partial charge >= 0.3 is 0 Å². The minimum absolute atomic E-state index is 0.000236. The molecule has 1 unspecified atom stereocenters. The second-order valence-electron chi connectivity index (χ2n) is 8.19. The van der Waals surface area contributed by atoms with Gasteiger partial charge in [-0.15, -0.1) is 0 Å². The molecule has 3 aliphatic carbocycles. The third-order valence-corrected chi connectivity index (χ3v) is 5.91. The molecular formula is C19H24ClFN4O4. The Morgan fingerprint density at radius 3 is 2.48 bits per heavy atom. The number of rotatable bonds is 8. The van der Waals surface area contributed by atoms with E-state index in [1.165, 1.54) is 12.1 Å². The van der Waals surface area contributed by atoms with Crippen LogP contribution in [0.4, 0.5) is 4.39 Å². The van der Waals surface area contributed by atoms with E-state index in [4.69, 9.17) is 21.1 Å². The van der Waals surface area contributed by atoms with E-state index in [9.17, 15) is 14.0 Å². The predicted molar refractivity (Wildman–Crippen MR) is 103 cm³/mol. The van der Waals surface area contributed by atoms with Crippen LogP contribution in [0.5, 0.6) is 5.75 Å². The quantitative estimate of drug-likeness (QED) is 0.573. The molecule has 1 aliphatic heterocycles. The van der Waals surface area contributed by atoms with Crippen LogP contribution in [0.3, 0.4) is 0 Å². The van der Waals surface area contributed by atoms with Crippen molar-refractivity contribution in [2.45, 2.75) is 43.0 Å². The Balaban J connectivity index is 1.14. The first-order valence-electron chi connectivity index (χ1n) is 9.55. The van der Waals surface area contributed by atoms with E-state index in [1.54, 1.807) is 0 Å². The van der Waals surface area contributed by atoms with Gasteiger partial charge in [-0.25, -0.2) is 14.8 Å². The summed E-state index contributed by atoms with van der Waals surface area (Å²) in [5, 5.41) is 7.91. The van der Waals surface area contributed by atoms with Gasteiger partial charge in [0.05, 0.1) is 5.02 Å². The zero-order valence-electron chi connectivity index (χ0n) is 16.1. The summed E-state index contributed by atoms with van der Waals surface area (Å²) in [6.45, 7) is 0.687. The molecule has 0 aromatic heterocycles. The van der Waals surface area contributed by atoms with Gasteiger partial charge < -0.3 is 20.1 Å². The molecule has 10 heteroatoms. The van der Waals surface area contributed by atoms with Gasteiger partial charge in [0.25, 0.3) is 5.91 Å². The fraction of sp³-hybridized carbons (Fsp3) is 0.579. The monoisotopic (exact) mass is 426 g/mol. The van der Waals surface area contributed by atoms with Crippen molar-refractivity contribution < 1.29 is 23.5 Å². The highest BCUT2D eigenvalue weighted by atomic mass is 35.5. The van der Waals surface area contributed by atoms with Gasteiger partial charge in [-0.3, -0.25) is 9.59 Å². The van der Waals surface area contributed by atoms with E-state index in [-0.39, 0.29) is 53.1 Å². The molecule has 5 rings (SSSR count). The van der Waals surface area contributed by atoms with E-state index in [0.29, 0.717) is 19.3 Å². The Hall–Kier alpha value is -1.94. The number of carbonyl (C=O) groups is 2. The second kappa shape index (κ2) is 7.71. The maximum absolute atomic E-state index is 13.4. The van der Waals surface area contributed by atoms with Crippen LogP contribution >= 0.6 is 11.6 Å². The van der Waals surface area contributed by atoms with Crippen molar-refractivity contribution in [3.8, 4) is 5.75 Å². The summed E-state index contributed by atoms with van der Waals surface area (Å²) < 4.78 is 24.3. The van der Waals surface area contributed by atoms with Crippen LogP contribution in [-0.4, -0.2) is 60.9 Å². The Kier molecular flexibility index (Phi) is 5.41. The summed E-state index contributed by atoms with van der Waals surface area (Å²) in [5.74, 6) is -0.776. The van der Waals surface area contributed by atoms with Crippen molar-refractivity contribution in [1.29, 1.82) is 0 Å². The van der Waals surface area contributed by atoms with Gasteiger partial charge in [0.2, 0.25) is 5.91 Å². The molecule has 4 fully saturated rings. The lowest BCUT2D eigenvalue weighted by molar-refractivity contribution is -0.153. The maximum Gasteiger partial charge on any atom is 0.258 e. The van der Waals surface area contributed by atoms with Crippen LogP contribution in [0.25, 0.3) is 0 Å². The molecule has 1 aromatic carbocycles. The van der Waals surface area contributed by atoms with Crippen LogP contribution in [0, 0.1) is 5.82 Å². The highest BCUT2D eigenvalue weighted by Gasteiger charge is 2.69. The number of carbonyl (C=O) groups excluding carboxylic acids is 2. The largest absolute Gasteiger partial charge is 0.484 e. The molecule has 2 bridgehead atoms. The van der Waals surface area contributed by atoms with Crippen molar-refractivity contribution in [3.05, 3.63) is 29.0 Å². The van der Waals surface area contributed by atoms with Crippen LogP contribution in [-0.2, 0) is 14.3 Å². The van der Waals surface area contributed by atoms with Crippen molar-refractivity contribution in [3.63, 3.8) is 0 Å². The van der Waals surface area contributed by atoms with Crippen LogP contribution < -0.4 is 20.8 Å². The lowest BCUT2D eigenvalue weighted by atomic mass is 9.44. The SMILES string of the molecule is CN1CCC(OCC(=O)NC23CC(NC(=O)COc4ccc(Cl)c(F)c4)(C2)C3)N1. The maximum atomic E-state index is 13.4. The van der Waals surface area contributed by atoms with Crippen LogP contribution in [0.1, 0.15) is 25.7 Å². The first-order valence-corrected chi connectivity index (χ1v) is 9.93. The average Bonchev–Trinajstić information content (AvgIpc) is 3.03. The molecule has 158 valence electrons. The molecule has 0 radical (unpaired) electrons. The standard InChI is InChI=1S/C19H24ClFN4O4/c1-25-5-4-17(24-25)29-8-16(27)23-19-9-18(10-19,11-19)22-15(26)7-28-12-2-3-13(20)14(21)6-12/h2-3,6,17,24H,4-5,7-11H2,1H3,(H,22,26)(H,23,27). The van der Waals surface area contributed by atoms with Gasteiger partial charge in [-0.2, -0.15) is 0 Å². The molecule has 3 N–H and O–H groups in total. The van der Waals surface area contributed by atoms with Gasteiger partial charge in [-0.05, 0) is 31.4 Å². The summed E-state index contributed by atoms with van der Waals surface area (Å²) in [4.78, 5) is 24.3. The highest BCUT2D eigenvalue weighted by Crippen LogP contribution is 2.60. The van der Waals surface area contributed by atoms with Crippen LogP contribution in [0.2, 0.25) is 5.02 Å². The zero-order chi connectivity index (χ0) is 20.6. The number of amides is 2. The number of benzene rings is 1. The minimum Gasteiger partial charge on any atom is -0.484 e. The van der Waals surface area contributed by atoms with Gasteiger partial charge in [0.15, 0.2) is 6.61 Å². The molecule has 29 heavy (non-hydrogen) atoms. The Labute approximate surface area is 173 Å². The number of halogens is 2. The molecule has 1 aromatic rings. The van der Waals surface area contributed by atoms with Crippen molar-refractivity contribution in [1.82, 2.24) is 21.1 Å². The molecule has 2 amide bonds. The van der Waals surface area contributed by atoms with Crippen molar-refractivity contribution in [2.24, 2.45) is 0 Å². The van der Waals surface area contributed by atoms with Gasteiger partial charge in [0, 0.05) is 37.2 Å². The molecule has 0 spiro atoms. The number of hydrogen-bond donors (Lipinski definition) is 3. The Morgan fingerprint density at radius 1 is 1.24 bits per heavy atom. The molecule has 8 nitrogen and oxygen atoms in total. The van der Waals surface area contributed by atoms with Crippen molar-refractivity contribution >= 4 is 23.4 Å². The van der Waals surface area contributed by atoms with E-state index >= 15 is 0 Å². The summed E-state index contributed by atoms with van der Waals surface area (Å²) in [6, 6.07) is 4.02. The van der Waals surface area contributed by atoms with Gasteiger partial charge in [-0.1, -0.05) is 11.6 Å². The molecule has 1 heterocycles. The smallest absolute Gasteiger partial charge is 0.258 e. The second-order valence-corrected chi connectivity index (χ2v) is 8.60. The normalized spacial score (nSPS) is 30.2. The molecule has 1 atom stereocenters. The van der Waals surface area contributed by atoms with Gasteiger partial charge in [0.1, 0.15) is 24.4 Å². The number of hydrazine groups is 1. The summed E-state index contributed by atoms with van der Waals surface area (Å²) >= 11 is 5.62. The molecular weight excluding hydrogens is 403 g/mol. The highest BCUT2D eigenvalue weighted by molar-refractivity contribution is 6.30. The van der Waals surface area contributed by atoms with Crippen LogP contribution in [0.15, 0.2) is 18.2 Å². The lowest BCUT2D eigenvalue weighted by Crippen LogP contribution is -2.84. The third-order valence-electron chi connectivity index (χ3n) is 5.61. The minimum atomic E-state index is -0.596. The third kappa shape index (κ3) is 4.48. The summed E-state index contributed by atoms with van der Waals surface area (Å²) in [5.41, 5.74) is 2.59.